The second kappa shape index (κ2) is 10.6. The summed E-state index contributed by atoms with van der Waals surface area (Å²) < 4.78 is 26.9. The van der Waals surface area contributed by atoms with Gasteiger partial charge in [0.05, 0.1) is 9.82 Å². The molecular formula is C22H34N4O5S. The summed E-state index contributed by atoms with van der Waals surface area (Å²) >= 11 is 0. The molecule has 0 bridgehead atoms. The number of benzene rings is 1. The average Bonchev–Trinajstić information content (AvgIpc) is 3.08. The maximum absolute atomic E-state index is 12.9. The number of piperidine rings is 1. The van der Waals surface area contributed by atoms with Gasteiger partial charge in [0.25, 0.3) is 5.69 Å². The number of carbonyl (C=O) groups is 1. The third kappa shape index (κ3) is 5.23. The van der Waals surface area contributed by atoms with Crippen LogP contribution in [0.2, 0.25) is 0 Å². The molecule has 0 radical (unpaired) electrons. The number of sulfonamides is 1. The zero-order chi connectivity index (χ0) is 23.3. The molecule has 2 heterocycles. The highest BCUT2D eigenvalue weighted by Crippen LogP contribution is 2.34. The minimum Gasteiger partial charge on any atom is -0.366 e. The van der Waals surface area contributed by atoms with Gasteiger partial charge >= 0.3 is 0 Å². The molecule has 0 atom stereocenters. The van der Waals surface area contributed by atoms with Gasteiger partial charge in [-0.2, -0.15) is 4.31 Å². The summed E-state index contributed by atoms with van der Waals surface area (Å²) in [6, 6.07) is 4.15. The lowest BCUT2D eigenvalue weighted by Crippen LogP contribution is -2.43. The Balaban J connectivity index is 1.75. The molecule has 2 aliphatic rings. The van der Waals surface area contributed by atoms with Crippen molar-refractivity contribution in [1.82, 2.24) is 9.21 Å². The monoisotopic (exact) mass is 466 g/mol. The van der Waals surface area contributed by atoms with Crippen molar-refractivity contribution in [3.05, 3.63) is 28.3 Å². The first-order chi connectivity index (χ1) is 15.3. The molecule has 0 unspecified atom stereocenters. The maximum atomic E-state index is 12.9. The summed E-state index contributed by atoms with van der Waals surface area (Å²) in [5.41, 5.74) is 0.199. The van der Waals surface area contributed by atoms with Crippen molar-refractivity contribution in [1.29, 1.82) is 0 Å². The summed E-state index contributed by atoms with van der Waals surface area (Å²) in [4.78, 5) is 28.0. The van der Waals surface area contributed by atoms with Gasteiger partial charge in [0, 0.05) is 51.3 Å². The van der Waals surface area contributed by atoms with Crippen LogP contribution >= 0.6 is 0 Å². The highest BCUT2D eigenvalue weighted by molar-refractivity contribution is 7.89. The molecular weight excluding hydrogens is 432 g/mol. The van der Waals surface area contributed by atoms with E-state index in [9.17, 15) is 23.3 Å². The number of carbonyl (C=O) groups excluding carboxylic acids is 1. The Morgan fingerprint density at radius 2 is 1.66 bits per heavy atom. The van der Waals surface area contributed by atoms with E-state index in [2.05, 4.69) is 0 Å². The van der Waals surface area contributed by atoms with E-state index in [-0.39, 0.29) is 22.4 Å². The number of nitrogens with zero attached hydrogens (tertiary/aromatic N) is 4. The van der Waals surface area contributed by atoms with Crippen molar-refractivity contribution in [2.75, 3.05) is 44.2 Å². The van der Waals surface area contributed by atoms with Crippen LogP contribution in [0.1, 0.15) is 52.4 Å². The molecule has 0 aromatic heterocycles. The standard InChI is InChI=1S/C22H34N4O5S/c1-3-25(4-2)32(30,31)19-9-10-20(21(17-19)26(28)29)23-15-11-18(12-16-23)22(27)24-13-7-5-6-8-14-24/h9-10,17-18H,3-8,11-16H2,1-2H3. The molecule has 0 saturated carbocycles. The van der Waals surface area contributed by atoms with Crippen molar-refractivity contribution in [2.45, 2.75) is 57.3 Å². The van der Waals surface area contributed by atoms with Gasteiger partial charge in [0.1, 0.15) is 5.69 Å². The molecule has 3 rings (SSSR count). The van der Waals surface area contributed by atoms with Crippen LogP contribution < -0.4 is 4.90 Å². The van der Waals surface area contributed by atoms with Crippen molar-refractivity contribution >= 4 is 27.3 Å². The first-order valence-electron chi connectivity index (χ1n) is 11.6. The minimum absolute atomic E-state index is 0.0503. The van der Waals surface area contributed by atoms with Crippen LogP contribution in [-0.4, -0.2) is 67.7 Å². The van der Waals surface area contributed by atoms with Crippen LogP contribution in [-0.2, 0) is 14.8 Å². The molecule has 1 aromatic rings. The third-order valence-corrected chi connectivity index (χ3v) is 8.64. The Bertz CT molecular complexity index is 916. The third-order valence-electron chi connectivity index (χ3n) is 6.59. The van der Waals surface area contributed by atoms with Crippen LogP contribution in [0.5, 0.6) is 0 Å². The fraction of sp³-hybridized carbons (Fsp3) is 0.682. The summed E-state index contributed by atoms with van der Waals surface area (Å²) in [6.07, 6.45) is 5.74. The van der Waals surface area contributed by atoms with Crippen LogP contribution in [0.4, 0.5) is 11.4 Å². The molecule has 1 aromatic carbocycles. The first-order valence-corrected chi connectivity index (χ1v) is 13.1. The molecule has 0 aliphatic carbocycles. The van der Waals surface area contributed by atoms with E-state index in [1.807, 2.05) is 9.80 Å². The van der Waals surface area contributed by atoms with Gasteiger partial charge in [-0.25, -0.2) is 8.42 Å². The van der Waals surface area contributed by atoms with Crippen LogP contribution in [0.15, 0.2) is 23.1 Å². The molecule has 32 heavy (non-hydrogen) atoms. The van der Waals surface area contributed by atoms with E-state index in [1.165, 1.54) is 29.3 Å². The van der Waals surface area contributed by atoms with E-state index in [0.29, 0.717) is 44.7 Å². The molecule has 0 spiro atoms. The van der Waals surface area contributed by atoms with E-state index in [4.69, 9.17) is 0 Å². The molecule has 0 N–H and O–H groups in total. The highest BCUT2D eigenvalue weighted by atomic mass is 32.2. The predicted molar refractivity (Wildman–Crippen MR) is 123 cm³/mol. The molecule has 2 saturated heterocycles. The number of hydrogen-bond acceptors (Lipinski definition) is 6. The zero-order valence-corrected chi connectivity index (χ0v) is 19.8. The SMILES string of the molecule is CCN(CC)S(=O)(=O)c1ccc(N2CCC(C(=O)N3CCCCCC3)CC2)c([N+](=O)[O-])c1. The van der Waals surface area contributed by atoms with Crippen LogP contribution in [0.3, 0.4) is 0 Å². The smallest absolute Gasteiger partial charge is 0.293 e. The van der Waals surface area contributed by atoms with E-state index >= 15 is 0 Å². The predicted octanol–water partition coefficient (Wildman–Crippen LogP) is 3.24. The maximum Gasteiger partial charge on any atom is 0.293 e. The Morgan fingerprint density at radius 3 is 2.19 bits per heavy atom. The number of rotatable bonds is 7. The highest BCUT2D eigenvalue weighted by Gasteiger charge is 2.32. The van der Waals surface area contributed by atoms with Crippen LogP contribution in [0.25, 0.3) is 0 Å². The normalized spacial score (nSPS) is 18.6. The largest absolute Gasteiger partial charge is 0.366 e. The number of likely N-dealkylation sites (tertiary alicyclic amines) is 1. The van der Waals surface area contributed by atoms with Crippen molar-refractivity contribution < 1.29 is 18.1 Å². The number of amides is 1. The number of anilines is 1. The molecule has 2 aliphatic heterocycles. The van der Waals surface area contributed by atoms with Crippen molar-refractivity contribution in [3.8, 4) is 0 Å². The molecule has 9 nitrogen and oxygen atoms in total. The van der Waals surface area contributed by atoms with Crippen molar-refractivity contribution in [3.63, 3.8) is 0 Å². The lowest BCUT2D eigenvalue weighted by atomic mass is 9.94. The lowest BCUT2D eigenvalue weighted by molar-refractivity contribution is -0.384. The summed E-state index contributed by atoms with van der Waals surface area (Å²) in [5, 5.41) is 11.8. The van der Waals surface area contributed by atoms with Gasteiger partial charge in [-0.3, -0.25) is 14.9 Å². The van der Waals surface area contributed by atoms with Gasteiger partial charge in [-0.15, -0.1) is 0 Å². The number of nitro benzene ring substituents is 1. The molecule has 2 fully saturated rings. The Hall–Kier alpha value is -2.20. The number of nitro groups is 1. The van der Waals surface area contributed by atoms with Crippen LogP contribution in [0, 0.1) is 16.0 Å². The Morgan fingerprint density at radius 1 is 1.06 bits per heavy atom. The van der Waals surface area contributed by atoms with Gasteiger partial charge in [0.15, 0.2) is 0 Å². The fourth-order valence-corrected chi connectivity index (χ4v) is 6.19. The average molecular weight is 467 g/mol. The summed E-state index contributed by atoms with van der Waals surface area (Å²) in [7, 11) is -3.78. The van der Waals surface area contributed by atoms with E-state index in [1.54, 1.807) is 13.8 Å². The second-order valence-corrected chi connectivity index (χ2v) is 10.4. The zero-order valence-electron chi connectivity index (χ0n) is 19.0. The summed E-state index contributed by atoms with van der Waals surface area (Å²) in [5.74, 6) is 0.160. The minimum atomic E-state index is -3.78. The Labute approximate surface area is 190 Å². The molecule has 1 amide bonds. The van der Waals surface area contributed by atoms with Gasteiger partial charge in [-0.05, 0) is 37.8 Å². The number of hydrogen-bond donors (Lipinski definition) is 0. The lowest BCUT2D eigenvalue weighted by Gasteiger charge is -2.35. The second-order valence-electron chi connectivity index (χ2n) is 8.50. The van der Waals surface area contributed by atoms with E-state index < -0.39 is 14.9 Å². The summed E-state index contributed by atoms with van der Waals surface area (Å²) in [6.45, 7) is 6.79. The first kappa shape index (κ1) is 24.4. The quantitative estimate of drug-likeness (QED) is 0.451. The van der Waals surface area contributed by atoms with E-state index in [0.717, 1.165) is 32.0 Å². The van der Waals surface area contributed by atoms with Crippen molar-refractivity contribution in [2.24, 2.45) is 5.92 Å². The van der Waals surface area contributed by atoms with Gasteiger partial charge in [0.2, 0.25) is 15.9 Å². The fourth-order valence-electron chi connectivity index (χ4n) is 4.71. The topological polar surface area (TPSA) is 104 Å². The van der Waals surface area contributed by atoms with Gasteiger partial charge < -0.3 is 9.80 Å². The molecule has 10 heteroatoms. The Kier molecular flexibility index (Phi) is 8.10. The van der Waals surface area contributed by atoms with Gasteiger partial charge in [-0.1, -0.05) is 26.7 Å². The molecule has 178 valence electrons.